The third kappa shape index (κ3) is 4.76. The molecule has 4 rings (SSSR count). The Morgan fingerprint density at radius 3 is 1.09 bits per heavy atom. The lowest BCUT2D eigenvalue weighted by Crippen LogP contribution is -2.42. The molecule has 0 aromatic heterocycles. The van der Waals surface area contributed by atoms with Crippen LogP contribution in [0.3, 0.4) is 0 Å². The Balaban J connectivity index is 1.96. The number of benzene rings is 4. The highest BCUT2D eigenvalue weighted by molar-refractivity contribution is 6.15. The number of para-hydroxylation sites is 4. The van der Waals surface area contributed by atoms with Gasteiger partial charge in [-0.15, -0.1) is 5.10 Å². The normalized spacial score (nSPS) is 10.1. The summed E-state index contributed by atoms with van der Waals surface area (Å²) in [7, 11) is 0. The van der Waals surface area contributed by atoms with Crippen LogP contribution in [-0.2, 0) is 0 Å². The number of nitrogens with two attached hydrogens (primary N) is 1. The predicted molar refractivity (Wildman–Crippen MR) is 133 cm³/mol. The van der Waals surface area contributed by atoms with Gasteiger partial charge in [0.1, 0.15) is 0 Å². The molecule has 32 heavy (non-hydrogen) atoms. The SMILES string of the molecule is N=C(N)NN=C(N(c1ccccc1)c1ccccc1)N(c1ccccc1)c1ccccc1. The number of nitrogens with one attached hydrogen (secondary N) is 2. The molecule has 4 aromatic rings. The molecule has 0 aliphatic carbocycles. The molecule has 158 valence electrons. The Morgan fingerprint density at radius 1 is 0.562 bits per heavy atom. The molecule has 4 N–H and O–H groups in total. The van der Waals surface area contributed by atoms with Gasteiger partial charge in [-0.05, 0) is 48.5 Å². The third-order valence-electron chi connectivity index (χ3n) is 4.73. The summed E-state index contributed by atoms with van der Waals surface area (Å²) in [5, 5.41) is 12.3. The minimum absolute atomic E-state index is 0.246. The molecule has 6 heteroatoms. The van der Waals surface area contributed by atoms with Gasteiger partial charge in [0.05, 0.1) is 0 Å². The fourth-order valence-corrected chi connectivity index (χ4v) is 3.38. The number of hydrazone groups is 1. The molecule has 0 bridgehead atoms. The van der Waals surface area contributed by atoms with Crippen molar-refractivity contribution < 1.29 is 0 Å². The van der Waals surface area contributed by atoms with E-state index in [4.69, 9.17) is 11.1 Å². The zero-order chi connectivity index (χ0) is 22.2. The number of hydrogen-bond donors (Lipinski definition) is 3. The van der Waals surface area contributed by atoms with Crippen molar-refractivity contribution in [2.24, 2.45) is 10.8 Å². The minimum atomic E-state index is -0.246. The molecule has 4 aromatic carbocycles. The average Bonchev–Trinajstić information content (AvgIpc) is 2.85. The smallest absolute Gasteiger partial charge is 0.237 e. The molecule has 0 aliphatic rings. The van der Waals surface area contributed by atoms with Gasteiger partial charge in [-0.1, -0.05) is 72.8 Å². The summed E-state index contributed by atoms with van der Waals surface area (Å²) in [5.74, 6) is 0.291. The van der Waals surface area contributed by atoms with E-state index in [0.717, 1.165) is 22.7 Å². The van der Waals surface area contributed by atoms with Crippen molar-refractivity contribution in [1.29, 1.82) is 5.41 Å². The first kappa shape index (κ1) is 20.7. The van der Waals surface area contributed by atoms with Crippen molar-refractivity contribution in [2.75, 3.05) is 9.80 Å². The van der Waals surface area contributed by atoms with E-state index in [1.54, 1.807) is 0 Å². The Hall–Kier alpha value is -4.58. The van der Waals surface area contributed by atoms with Crippen molar-refractivity contribution in [3.63, 3.8) is 0 Å². The van der Waals surface area contributed by atoms with E-state index in [-0.39, 0.29) is 5.96 Å². The van der Waals surface area contributed by atoms with Gasteiger partial charge in [-0.25, -0.2) is 5.43 Å². The lowest BCUT2D eigenvalue weighted by Gasteiger charge is -2.34. The van der Waals surface area contributed by atoms with Crippen LogP contribution >= 0.6 is 0 Å². The maximum absolute atomic E-state index is 7.71. The Labute approximate surface area is 187 Å². The third-order valence-corrected chi connectivity index (χ3v) is 4.73. The quantitative estimate of drug-likeness (QED) is 0.229. The van der Waals surface area contributed by atoms with Crippen LogP contribution in [0.4, 0.5) is 22.7 Å². The second-order valence-electron chi connectivity index (χ2n) is 6.95. The molecular formula is C26H24N6. The molecule has 0 atom stereocenters. The largest absolute Gasteiger partial charge is 0.369 e. The highest BCUT2D eigenvalue weighted by Crippen LogP contribution is 2.32. The Kier molecular flexibility index (Phi) is 6.43. The van der Waals surface area contributed by atoms with Crippen LogP contribution in [0.25, 0.3) is 0 Å². The molecule has 0 heterocycles. The van der Waals surface area contributed by atoms with Crippen molar-refractivity contribution in [3.8, 4) is 0 Å². The van der Waals surface area contributed by atoms with E-state index in [9.17, 15) is 0 Å². The summed E-state index contributed by atoms with van der Waals surface area (Å²) in [5.41, 5.74) is 11.9. The van der Waals surface area contributed by atoms with E-state index in [1.165, 1.54) is 0 Å². The van der Waals surface area contributed by atoms with Crippen molar-refractivity contribution in [3.05, 3.63) is 121 Å². The summed E-state index contributed by atoms with van der Waals surface area (Å²) < 4.78 is 0. The Bertz CT molecular complexity index is 998. The topological polar surface area (TPSA) is 80.7 Å². The Morgan fingerprint density at radius 2 is 0.844 bits per heavy atom. The van der Waals surface area contributed by atoms with E-state index >= 15 is 0 Å². The lowest BCUT2D eigenvalue weighted by molar-refractivity contribution is 0.972. The summed E-state index contributed by atoms with van der Waals surface area (Å²) in [6.07, 6.45) is 0. The van der Waals surface area contributed by atoms with Crippen LogP contribution in [0.2, 0.25) is 0 Å². The van der Waals surface area contributed by atoms with Crippen LogP contribution in [0.15, 0.2) is 126 Å². The van der Waals surface area contributed by atoms with E-state index in [0.29, 0.717) is 5.96 Å². The standard InChI is InChI=1S/C26H24N6/c27-25(28)29-30-26(31(21-13-5-1-6-14-21)22-15-7-2-8-16-22)32(23-17-9-3-10-18-23)24-19-11-4-12-20-24/h1-20H,(H4,27,28,29). The van der Waals surface area contributed by atoms with E-state index in [1.807, 2.05) is 131 Å². The fraction of sp³-hybridized carbons (Fsp3) is 0. The molecular weight excluding hydrogens is 396 g/mol. The molecule has 0 amide bonds. The van der Waals surface area contributed by atoms with Crippen LogP contribution in [0, 0.1) is 5.41 Å². The molecule has 0 aliphatic heterocycles. The van der Waals surface area contributed by atoms with Crippen LogP contribution in [-0.4, -0.2) is 11.9 Å². The van der Waals surface area contributed by atoms with Gasteiger partial charge >= 0.3 is 0 Å². The first-order valence-corrected chi connectivity index (χ1v) is 10.2. The molecule has 0 saturated heterocycles. The number of rotatable bonds is 5. The predicted octanol–water partition coefficient (Wildman–Crippen LogP) is 5.42. The molecule has 6 nitrogen and oxygen atoms in total. The number of nitrogens with zero attached hydrogens (tertiary/aromatic N) is 3. The maximum atomic E-state index is 7.71. The second-order valence-corrected chi connectivity index (χ2v) is 6.95. The first-order valence-electron chi connectivity index (χ1n) is 10.2. The summed E-state index contributed by atoms with van der Waals surface area (Å²) in [4.78, 5) is 4.05. The zero-order valence-corrected chi connectivity index (χ0v) is 17.5. The lowest BCUT2D eigenvalue weighted by atomic mass is 10.2. The molecule has 0 spiro atoms. The van der Waals surface area contributed by atoms with Gasteiger partial charge in [-0.3, -0.25) is 15.2 Å². The number of anilines is 4. The fourth-order valence-electron chi connectivity index (χ4n) is 3.38. The number of guanidine groups is 2. The molecule has 0 fully saturated rings. The van der Waals surface area contributed by atoms with E-state index < -0.39 is 0 Å². The van der Waals surface area contributed by atoms with Crippen LogP contribution in [0.5, 0.6) is 0 Å². The highest BCUT2D eigenvalue weighted by atomic mass is 15.5. The van der Waals surface area contributed by atoms with Gasteiger partial charge in [-0.2, -0.15) is 0 Å². The molecule has 0 saturated carbocycles. The van der Waals surface area contributed by atoms with Crippen molar-refractivity contribution in [2.45, 2.75) is 0 Å². The summed E-state index contributed by atoms with van der Waals surface area (Å²) in [6, 6.07) is 39.9. The van der Waals surface area contributed by atoms with Gasteiger partial charge in [0.15, 0.2) is 0 Å². The minimum Gasteiger partial charge on any atom is -0.369 e. The van der Waals surface area contributed by atoms with Crippen molar-refractivity contribution >= 4 is 34.7 Å². The van der Waals surface area contributed by atoms with Crippen LogP contribution in [0.1, 0.15) is 0 Å². The summed E-state index contributed by atoms with van der Waals surface area (Å²) in [6.45, 7) is 0. The van der Waals surface area contributed by atoms with Crippen molar-refractivity contribution in [1.82, 2.24) is 5.43 Å². The highest BCUT2D eigenvalue weighted by Gasteiger charge is 2.25. The van der Waals surface area contributed by atoms with Gasteiger partial charge < -0.3 is 5.73 Å². The summed E-state index contributed by atoms with van der Waals surface area (Å²) >= 11 is 0. The monoisotopic (exact) mass is 420 g/mol. The van der Waals surface area contributed by atoms with Gasteiger partial charge in [0.25, 0.3) is 0 Å². The number of hydrogen-bond acceptors (Lipinski definition) is 2. The van der Waals surface area contributed by atoms with E-state index in [2.05, 4.69) is 10.5 Å². The molecule has 0 radical (unpaired) electrons. The first-order chi connectivity index (χ1) is 15.7. The average molecular weight is 421 g/mol. The second kappa shape index (κ2) is 9.95. The maximum Gasteiger partial charge on any atom is 0.237 e. The van der Waals surface area contributed by atoms with Gasteiger partial charge in [0, 0.05) is 22.7 Å². The van der Waals surface area contributed by atoms with Crippen LogP contribution < -0.4 is 21.0 Å². The zero-order valence-electron chi connectivity index (χ0n) is 17.5. The van der Waals surface area contributed by atoms with Gasteiger partial charge in [0.2, 0.25) is 11.9 Å². The molecule has 0 unspecified atom stereocenters.